The molecular formula is C18H29ClN2O2. The van der Waals surface area contributed by atoms with Crippen LogP contribution >= 0.6 is 12.4 Å². The van der Waals surface area contributed by atoms with E-state index in [1.54, 1.807) is 0 Å². The molecule has 1 unspecified atom stereocenters. The number of amides is 1. The summed E-state index contributed by atoms with van der Waals surface area (Å²) in [5.74, 6) is 1.37. The van der Waals surface area contributed by atoms with E-state index < -0.39 is 0 Å². The molecule has 0 radical (unpaired) electrons. The summed E-state index contributed by atoms with van der Waals surface area (Å²) >= 11 is 0. The van der Waals surface area contributed by atoms with Gasteiger partial charge in [-0.2, -0.15) is 0 Å². The molecule has 1 aliphatic heterocycles. The molecular weight excluding hydrogens is 312 g/mol. The summed E-state index contributed by atoms with van der Waals surface area (Å²) in [4.78, 5) is 14.9. The van der Waals surface area contributed by atoms with Gasteiger partial charge in [0.2, 0.25) is 0 Å². The van der Waals surface area contributed by atoms with E-state index in [0.29, 0.717) is 18.6 Å². The van der Waals surface area contributed by atoms with E-state index in [0.717, 1.165) is 43.8 Å². The van der Waals surface area contributed by atoms with Gasteiger partial charge in [-0.05, 0) is 43.5 Å². The van der Waals surface area contributed by atoms with Crippen LogP contribution in [0.5, 0.6) is 5.75 Å². The molecule has 23 heavy (non-hydrogen) atoms. The van der Waals surface area contributed by atoms with Crippen LogP contribution in [-0.2, 0) is 0 Å². The van der Waals surface area contributed by atoms with Crippen molar-refractivity contribution in [1.82, 2.24) is 10.2 Å². The van der Waals surface area contributed by atoms with Gasteiger partial charge in [0.25, 0.3) is 5.91 Å². The largest absolute Gasteiger partial charge is 0.493 e. The van der Waals surface area contributed by atoms with Gasteiger partial charge in [0.1, 0.15) is 5.75 Å². The summed E-state index contributed by atoms with van der Waals surface area (Å²) in [5.41, 5.74) is 0.724. The minimum Gasteiger partial charge on any atom is -0.493 e. The SMILES string of the molecule is CCCN(C(=O)c1cccc(OCC(C)C)c1)C1CCNC1.Cl. The van der Waals surface area contributed by atoms with Crippen molar-refractivity contribution in [2.75, 3.05) is 26.2 Å². The minimum atomic E-state index is 0. The number of hydrogen-bond donors (Lipinski definition) is 1. The third-order valence-corrected chi connectivity index (χ3v) is 3.86. The number of rotatable bonds is 7. The van der Waals surface area contributed by atoms with E-state index >= 15 is 0 Å². The number of halogens is 1. The van der Waals surface area contributed by atoms with Gasteiger partial charge in [-0.25, -0.2) is 0 Å². The zero-order chi connectivity index (χ0) is 15.9. The lowest BCUT2D eigenvalue weighted by atomic mass is 10.1. The average Bonchev–Trinajstić information content (AvgIpc) is 3.04. The highest BCUT2D eigenvalue weighted by Crippen LogP contribution is 2.19. The van der Waals surface area contributed by atoms with Crippen LogP contribution in [-0.4, -0.2) is 43.1 Å². The first-order chi connectivity index (χ1) is 10.6. The van der Waals surface area contributed by atoms with Gasteiger partial charge >= 0.3 is 0 Å². The fourth-order valence-corrected chi connectivity index (χ4v) is 2.74. The van der Waals surface area contributed by atoms with Gasteiger partial charge in [0.05, 0.1) is 6.61 Å². The summed E-state index contributed by atoms with van der Waals surface area (Å²) in [5, 5.41) is 3.34. The number of benzene rings is 1. The van der Waals surface area contributed by atoms with E-state index in [-0.39, 0.29) is 18.3 Å². The van der Waals surface area contributed by atoms with Crippen molar-refractivity contribution in [3.63, 3.8) is 0 Å². The fraction of sp³-hybridized carbons (Fsp3) is 0.611. The van der Waals surface area contributed by atoms with Gasteiger partial charge in [-0.1, -0.05) is 26.8 Å². The third-order valence-electron chi connectivity index (χ3n) is 3.86. The number of nitrogens with zero attached hydrogens (tertiary/aromatic N) is 1. The lowest BCUT2D eigenvalue weighted by Crippen LogP contribution is -2.42. The lowest BCUT2D eigenvalue weighted by Gasteiger charge is -2.28. The third kappa shape index (κ3) is 5.70. The van der Waals surface area contributed by atoms with Gasteiger partial charge in [0.15, 0.2) is 0 Å². The molecule has 0 bridgehead atoms. The summed E-state index contributed by atoms with van der Waals surface area (Å²) in [6.45, 7) is 9.72. The van der Waals surface area contributed by atoms with Crippen molar-refractivity contribution in [2.45, 2.75) is 39.7 Å². The van der Waals surface area contributed by atoms with Crippen LogP contribution in [0.1, 0.15) is 44.0 Å². The van der Waals surface area contributed by atoms with E-state index in [1.807, 2.05) is 29.2 Å². The maximum absolute atomic E-state index is 12.9. The quantitative estimate of drug-likeness (QED) is 0.827. The minimum absolute atomic E-state index is 0. The second-order valence-corrected chi connectivity index (χ2v) is 6.38. The molecule has 1 fully saturated rings. The van der Waals surface area contributed by atoms with E-state index in [1.165, 1.54) is 0 Å². The molecule has 1 aromatic carbocycles. The van der Waals surface area contributed by atoms with E-state index in [9.17, 15) is 4.79 Å². The number of hydrogen-bond acceptors (Lipinski definition) is 3. The highest BCUT2D eigenvalue weighted by Gasteiger charge is 2.26. The summed E-state index contributed by atoms with van der Waals surface area (Å²) in [7, 11) is 0. The van der Waals surface area contributed by atoms with Crippen molar-refractivity contribution in [2.24, 2.45) is 5.92 Å². The van der Waals surface area contributed by atoms with Crippen molar-refractivity contribution < 1.29 is 9.53 Å². The molecule has 1 N–H and O–H groups in total. The van der Waals surface area contributed by atoms with Crippen LogP contribution in [0.25, 0.3) is 0 Å². The molecule has 5 heteroatoms. The van der Waals surface area contributed by atoms with Crippen LogP contribution in [0.3, 0.4) is 0 Å². The molecule has 0 saturated carbocycles. The van der Waals surface area contributed by atoms with Crippen LogP contribution in [0.15, 0.2) is 24.3 Å². The Labute approximate surface area is 146 Å². The van der Waals surface area contributed by atoms with Crippen molar-refractivity contribution in [3.05, 3.63) is 29.8 Å². The van der Waals surface area contributed by atoms with E-state index in [4.69, 9.17) is 4.74 Å². The van der Waals surface area contributed by atoms with Crippen molar-refractivity contribution >= 4 is 18.3 Å². The first-order valence-corrected chi connectivity index (χ1v) is 8.36. The van der Waals surface area contributed by atoms with Crippen molar-refractivity contribution in [3.8, 4) is 5.75 Å². The smallest absolute Gasteiger partial charge is 0.254 e. The molecule has 0 spiro atoms. The molecule has 0 aromatic heterocycles. The lowest BCUT2D eigenvalue weighted by molar-refractivity contribution is 0.0691. The Morgan fingerprint density at radius 3 is 2.83 bits per heavy atom. The molecule has 130 valence electrons. The normalized spacial score (nSPS) is 17.0. The molecule has 1 amide bonds. The summed E-state index contributed by atoms with van der Waals surface area (Å²) < 4.78 is 5.74. The molecule has 4 nitrogen and oxygen atoms in total. The summed E-state index contributed by atoms with van der Waals surface area (Å²) in [6.07, 6.45) is 2.01. The number of nitrogens with one attached hydrogen (secondary N) is 1. The van der Waals surface area contributed by atoms with Gasteiger partial charge in [0, 0.05) is 24.7 Å². The van der Waals surface area contributed by atoms with Gasteiger partial charge in [-0.3, -0.25) is 4.79 Å². The van der Waals surface area contributed by atoms with Crippen LogP contribution in [0.4, 0.5) is 0 Å². The molecule has 1 saturated heterocycles. The Morgan fingerprint density at radius 1 is 1.43 bits per heavy atom. The molecule has 1 aliphatic rings. The fourth-order valence-electron chi connectivity index (χ4n) is 2.74. The molecule has 2 rings (SSSR count). The molecule has 0 aliphatic carbocycles. The predicted octanol–water partition coefficient (Wildman–Crippen LogP) is 3.36. The zero-order valence-corrected chi connectivity index (χ0v) is 15.2. The Balaban J connectivity index is 0.00000264. The first-order valence-electron chi connectivity index (χ1n) is 8.36. The second kappa shape index (κ2) is 9.78. The number of carbonyl (C=O) groups excluding carboxylic acids is 1. The second-order valence-electron chi connectivity index (χ2n) is 6.38. The topological polar surface area (TPSA) is 41.6 Å². The summed E-state index contributed by atoms with van der Waals surface area (Å²) in [6, 6.07) is 7.89. The standard InChI is InChI=1S/C18H28N2O2.ClH/c1-4-10-20(16-8-9-19-12-16)18(21)15-6-5-7-17(11-15)22-13-14(2)3;/h5-7,11,14,16,19H,4,8-10,12-13H2,1-3H3;1H. The zero-order valence-electron chi connectivity index (χ0n) is 14.4. The molecule has 1 aromatic rings. The maximum Gasteiger partial charge on any atom is 0.254 e. The van der Waals surface area contributed by atoms with Crippen LogP contribution in [0, 0.1) is 5.92 Å². The van der Waals surface area contributed by atoms with Crippen LogP contribution < -0.4 is 10.1 Å². The monoisotopic (exact) mass is 340 g/mol. The van der Waals surface area contributed by atoms with Gasteiger partial charge in [-0.15, -0.1) is 12.4 Å². The molecule has 1 heterocycles. The maximum atomic E-state index is 12.9. The first kappa shape index (κ1) is 19.8. The Morgan fingerprint density at radius 2 is 2.22 bits per heavy atom. The highest BCUT2D eigenvalue weighted by atomic mass is 35.5. The average molecular weight is 341 g/mol. The molecule has 1 atom stereocenters. The highest BCUT2D eigenvalue weighted by molar-refractivity contribution is 5.94. The van der Waals surface area contributed by atoms with Crippen molar-refractivity contribution in [1.29, 1.82) is 0 Å². The number of ether oxygens (including phenoxy) is 1. The predicted molar refractivity (Wildman–Crippen MR) is 96.6 cm³/mol. The number of carbonyl (C=O) groups is 1. The van der Waals surface area contributed by atoms with E-state index in [2.05, 4.69) is 26.1 Å². The Bertz CT molecular complexity index is 488. The van der Waals surface area contributed by atoms with Crippen LogP contribution in [0.2, 0.25) is 0 Å². The van der Waals surface area contributed by atoms with Gasteiger partial charge < -0.3 is 15.0 Å². The Kier molecular flexibility index (Phi) is 8.42. The Hall–Kier alpha value is -1.26.